The predicted octanol–water partition coefficient (Wildman–Crippen LogP) is -0.891. The smallest absolute Gasteiger partial charge is 0.343 e. The Bertz CT molecular complexity index is 510. The lowest BCUT2D eigenvalue weighted by molar-refractivity contribution is -0.146. The van der Waals surface area contributed by atoms with Crippen LogP contribution in [0.4, 0.5) is 0 Å². The SMILES string of the molecule is CCC[C@H](NC(=O)[C@@H](N)CCC)C(=O)N(CP(=O)(O)O)C(=O)CNC. The molecule has 0 aliphatic heterocycles. The minimum Gasteiger partial charge on any atom is -0.343 e. The first-order chi connectivity index (χ1) is 11.6. The third-order valence-electron chi connectivity index (χ3n) is 3.35. The average Bonchev–Trinajstić information content (AvgIpc) is 2.51. The standard InChI is InChI=1S/C14H29N4O6P/c1-4-6-10(15)13(20)17-11(7-5-2)14(21)18(9-25(22,23)24)12(19)8-16-3/h10-11,16H,4-9,15H2,1-3H3,(H,17,20)(H2,22,23,24)/t10-,11-/m0/s1. The van der Waals surface area contributed by atoms with E-state index in [-0.39, 0.29) is 13.0 Å². The highest BCUT2D eigenvalue weighted by Crippen LogP contribution is 2.35. The Labute approximate surface area is 147 Å². The second-order valence-electron chi connectivity index (χ2n) is 5.74. The molecule has 0 saturated carbocycles. The molecule has 0 saturated heterocycles. The Morgan fingerprint density at radius 3 is 2.16 bits per heavy atom. The van der Waals surface area contributed by atoms with Crippen LogP contribution in [0.5, 0.6) is 0 Å². The van der Waals surface area contributed by atoms with Crippen molar-refractivity contribution in [1.29, 1.82) is 0 Å². The van der Waals surface area contributed by atoms with Crippen molar-refractivity contribution < 1.29 is 28.7 Å². The van der Waals surface area contributed by atoms with Gasteiger partial charge in [0.05, 0.1) is 12.6 Å². The number of hydrogen-bond acceptors (Lipinski definition) is 6. The van der Waals surface area contributed by atoms with Gasteiger partial charge in [0, 0.05) is 0 Å². The van der Waals surface area contributed by atoms with E-state index in [1.165, 1.54) is 7.05 Å². The molecule has 6 N–H and O–H groups in total. The molecule has 0 bridgehead atoms. The Kier molecular flexibility index (Phi) is 10.7. The summed E-state index contributed by atoms with van der Waals surface area (Å²) in [6, 6.07) is -1.87. The zero-order valence-electron chi connectivity index (χ0n) is 14.9. The monoisotopic (exact) mass is 380 g/mol. The van der Waals surface area contributed by atoms with E-state index in [0.717, 1.165) is 0 Å². The van der Waals surface area contributed by atoms with E-state index in [9.17, 15) is 18.9 Å². The summed E-state index contributed by atoms with van der Waals surface area (Å²) < 4.78 is 11.3. The zero-order chi connectivity index (χ0) is 19.6. The summed E-state index contributed by atoms with van der Waals surface area (Å²) in [7, 11) is -3.19. The van der Waals surface area contributed by atoms with Gasteiger partial charge in [0.15, 0.2) is 0 Å². The van der Waals surface area contributed by atoms with E-state index in [1.807, 2.05) is 6.92 Å². The lowest BCUT2D eigenvalue weighted by Gasteiger charge is -2.27. The lowest BCUT2D eigenvalue weighted by atomic mass is 10.1. The summed E-state index contributed by atoms with van der Waals surface area (Å²) in [6.07, 6.45) is 0.816. The van der Waals surface area contributed by atoms with Gasteiger partial charge in [0.25, 0.3) is 5.91 Å². The van der Waals surface area contributed by atoms with Crippen molar-refractivity contribution in [3.63, 3.8) is 0 Å². The van der Waals surface area contributed by atoms with Gasteiger partial charge in [-0.25, -0.2) is 0 Å². The van der Waals surface area contributed by atoms with Gasteiger partial charge in [-0.3, -0.25) is 23.8 Å². The van der Waals surface area contributed by atoms with Gasteiger partial charge in [0.1, 0.15) is 12.3 Å². The molecular weight excluding hydrogens is 351 g/mol. The van der Waals surface area contributed by atoms with E-state index in [4.69, 9.17) is 15.5 Å². The van der Waals surface area contributed by atoms with Crippen LogP contribution in [-0.2, 0) is 18.9 Å². The van der Waals surface area contributed by atoms with Crippen molar-refractivity contribution in [2.45, 2.75) is 51.6 Å². The van der Waals surface area contributed by atoms with Crippen LogP contribution in [-0.4, -0.2) is 64.4 Å². The van der Waals surface area contributed by atoms with Crippen LogP contribution >= 0.6 is 7.60 Å². The molecule has 146 valence electrons. The first-order valence-electron chi connectivity index (χ1n) is 8.16. The van der Waals surface area contributed by atoms with Gasteiger partial charge in [-0.1, -0.05) is 26.7 Å². The molecular formula is C14H29N4O6P. The molecule has 3 amide bonds. The van der Waals surface area contributed by atoms with Crippen molar-refractivity contribution >= 4 is 25.3 Å². The van der Waals surface area contributed by atoms with E-state index in [2.05, 4.69) is 10.6 Å². The van der Waals surface area contributed by atoms with Crippen LogP contribution in [0.1, 0.15) is 39.5 Å². The fraction of sp³-hybridized carbons (Fsp3) is 0.786. The number of imide groups is 1. The molecule has 11 heteroatoms. The molecule has 25 heavy (non-hydrogen) atoms. The molecule has 10 nitrogen and oxygen atoms in total. The maximum absolute atomic E-state index is 12.6. The molecule has 0 aromatic carbocycles. The minimum atomic E-state index is -4.66. The summed E-state index contributed by atoms with van der Waals surface area (Å²) >= 11 is 0. The molecule has 2 atom stereocenters. The van der Waals surface area contributed by atoms with Gasteiger partial charge in [-0.05, 0) is 19.9 Å². The number of nitrogens with one attached hydrogen (secondary N) is 2. The predicted molar refractivity (Wildman–Crippen MR) is 92.4 cm³/mol. The number of rotatable bonds is 11. The molecule has 0 aliphatic rings. The van der Waals surface area contributed by atoms with E-state index < -0.39 is 43.7 Å². The van der Waals surface area contributed by atoms with Gasteiger partial charge in [0.2, 0.25) is 11.8 Å². The van der Waals surface area contributed by atoms with Gasteiger partial charge in [-0.15, -0.1) is 0 Å². The molecule has 0 aliphatic carbocycles. The Morgan fingerprint density at radius 1 is 1.16 bits per heavy atom. The molecule has 0 unspecified atom stereocenters. The third kappa shape index (κ3) is 9.08. The summed E-state index contributed by atoms with van der Waals surface area (Å²) in [5.74, 6) is -2.18. The molecule has 0 fully saturated rings. The first-order valence-corrected chi connectivity index (χ1v) is 9.96. The van der Waals surface area contributed by atoms with Crippen LogP contribution in [0.15, 0.2) is 0 Å². The second kappa shape index (κ2) is 11.3. The van der Waals surface area contributed by atoms with Crippen molar-refractivity contribution in [3.8, 4) is 0 Å². The maximum atomic E-state index is 12.6. The molecule has 0 aromatic rings. The number of nitrogens with two attached hydrogens (primary N) is 1. The Morgan fingerprint density at radius 2 is 1.72 bits per heavy atom. The summed E-state index contributed by atoms with van der Waals surface area (Å²) in [5, 5.41) is 5.02. The van der Waals surface area contributed by atoms with Crippen molar-refractivity contribution in [2.24, 2.45) is 5.73 Å². The van der Waals surface area contributed by atoms with Crippen LogP contribution in [0.25, 0.3) is 0 Å². The van der Waals surface area contributed by atoms with Gasteiger partial charge < -0.3 is 26.2 Å². The van der Waals surface area contributed by atoms with Gasteiger partial charge >= 0.3 is 7.60 Å². The quantitative estimate of drug-likeness (QED) is 0.288. The normalized spacial score (nSPS) is 13.8. The van der Waals surface area contributed by atoms with Crippen LogP contribution in [0, 0.1) is 0 Å². The number of likely N-dealkylation sites (N-methyl/N-ethyl adjacent to an activating group) is 1. The number of carbonyl (C=O) groups is 3. The lowest BCUT2D eigenvalue weighted by Crippen LogP contribution is -2.54. The molecule has 0 rings (SSSR count). The Hall–Kier alpha value is -1.32. The van der Waals surface area contributed by atoms with Crippen molar-refractivity contribution in [2.75, 3.05) is 19.9 Å². The molecule has 0 aromatic heterocycles. The van der Waals surface area contributed by atoms with Crippen LogP contribution < -0.4 is 16.4 Å². The van der Waals surface area contributed by atoms with Crippen LogP contribution in [0.2, 0.25) is 0 Å². The highest BCUT2D eigenvalue weighted by Gasteiger charge is 2.34. The number of amides is 3. The van der Waals surface area contributed by atoms with E-state index >= 15 is 0 Å². The third-order valence-corrected chi connectivity index (χ3v) is 4.00. The van der Waals surface area contributed by atoms with Crippen LogP contribution in [0.3, 0.4) is 0 Å². The van der Waals surface area contributed by atoms with E-state index in [0.29, 0.717) is 24.2 Å². The fourth-order valence-corrected chi connectivity index (χ4v) is 2.82. The fourth-order valence-electron chi connectivity index (χ4n) is 2.16. The number of nitrogens with zero attached hydrogens (tertiary/aromatic N) is 1. The number of carbonyl (C=O) groups excluding carboxylic acids is 3. The average molecular weight is 380 g/mol. The van der Waals surface area contributed by atoms with E-state index in [1.54, 1.807) is 6.92 Å². The molecule has 0 spiro atoms. The van der Waals surface area contributed by atoms with Crippen molar-refractivity contribution in [1.82, 2.24) is 15.5 Å². The number of hydrogen-bond donors (Lipinski definition) is 5. The summed E-state index contributed by atoms with van der Waals surface area (Å²) in [4.78, 5) is 55.5. The summed E-state index contributed by atoms with van der Waals surface area (Å²) in [6.45, 7) is 3.37. The second-order valence-corrected chi connectivity index (χ2v) is 7.35. The maximum Gasteiger partial charge on any atom is 0.345 e. The zero-order valence-corrected chi connectivity index (χ0v) is 15.8. The molecule has 0 heterocycles. The minimum absolute atomic E-state index is 0.216. The molecule has 0 radical (unpaired) electrons. The summed E-state index contributed by atoms with van der Waals surface area (Å²) in [5.41, 5.74) is 5.72. The topological polar surface area (TPSA) is 162 Å². The Balaban J connectivity index is 5.35. The highest BCUT2D eigenvalue weighted by atomic mass is 31.2. The first kappa shape index (κ1) is 23.7. The largest absolute Gasteiger partial charge is 0.345 e. The van der Waals surface area contributed by atoms with Gasteiger partial charge in [-0.2, -0.15) is 0 Å². The highest BCUT2D eigenvalue weighted by molar-refractivity contribution is 7.51. The van der Waals surface area contributed by atoms with Crippen molar-refractivity contribution in [3.05, 3.63) is 0 Å².